The van der Waals surface area contributed by atoms with Gasteiger partial charge in [0.05, 0.1) is 17.2 Å². The minimum absolute atomic E-state index is 0.370. The van der Waals surface area contributed by atoms with Crippen molar-refractivity contribution in [3.8, 4) is 28.4 Å². The number of aromatic nitrogens is 4. The van der Waals surface area contributed by atoms with Crippen molar-refractivity contribution in [1.29, 1.82) is 0 Å². The minimum atomic E-state index is -0.662. The first kappa shape index (κ1) is 14.3. The number of H-pyrrole nitrogens is 1. The Hall–Kier alpha value is -3.28. The topological polar surface area (TPSA) is 74.7 Å². The first-order valence-corrected chi connectivity index (χ1v) is 7.38. The average molecular weight is 320 g/mol. The monoisotopic (exact) mass is 320 g/mol. The average Bonchev–Trinajstić information content (AvgIpc) is 3.00. The lowest BCUT2D eigenvalue weighted by molar-refractivity contribution is 0.432. The molecule has 1 aromatic carbocycles. The van der Waals surface area contributed by atoms with Crippen LogP contribution in [0.15, 0.2) is 48.8 Å². The molecule has 0 saturated carbocycles. The number of benzene rings is 1. The van der Waals surface area contributed by atoms with Gasteiger partial charge in [0.2, 0.25) is 0 Å². The van der Waals surface area contributed by atoms with E-state index in [1.54, 1.807) is 18.5 Å². The molecule has 0 aliphatic heterocycles. The highest BCUT2D eigenvalue weighted by molar-refractivity contribution is 5.83. The maximum atomic E-state index is 13.5. The van der Waals surface area contributed by atoms with Crippen LogP contribution in [-0.4, -0.2) is 25.0 Å². The number of aromatic hydroxyl groups is 1. The second kappa shape index (κ2) is 5.42. The Balaban J connectivity index is 1.80. The van der Waals surface area contributed by atoms with E-state index in [-0.39, 0.29) is 5.75 Å². The van der Waals surface area contributed by atoms with Crippen molar-refractivity contribution in [3.05, 3.63) is 60.3 Å². The molecule has 0 spiro atoms. The van der Waals surface area contributed by atoms with Gasteiger partial charge in [0, 0.05) is 28.7 Å². The second-order valence-electron chi connectivity index (χ2n) is 5.53. The molecule has 0 radical (unpaired) electrons. The van der Waals surface area contributed by atoms with E-state index < -0.39 is 5.82 Å². The van der Waals surface area contributed by atoms with E-state index in [1.807, 2.05) is 25.1 Å². The summed E-state index contributed by atoms with van der Waals surface area (Å²) in [6, 6.07) is 9.86. The lowest BCUT2D eigenvalue weighted by Crippen LogP contribution is -1.90. The highest BCUT2D eigenvalue weighted by Gasteiger charge is 2.10. The normalized spacial score (nSPS) is 11.1. The maximum Gasteiger partial charge on any atom is 0.165 e. The summed E-state index contributed by atoms with van der Waals surface area (Å²) in [6.07, 6.45) is 3.42. The molecule has 0 aliphatic rings. The molecule has 2 N–H and O–H groups in total. The number of aromatic amines is 1. The number of pyridine rings is 1. The number of phenolic OH excluding ortho intramolecular Hbond substituents is 1. The van der Waals surface area contributed by atoms with Crippen LogP contribution in [0.2, 0.25) is 0 Å². The van der Waals surface area contributed by atoms with Gasteiger partial charge in [-0.05, 0) is 43.3 Å². The second-order valence-corrected chi connectivity index (χ2v) is 5.53. The third kappa shape index (κ3) is 2.48. The summed E-state index contributed by atoms with van der Waals surface area (Å²) in [5, 5.41) is 9.30. The van der Waals surface area contributed by atoms with Crippen molar-refractivity contribution in [1.82, 2.24) is 19.9 Å². The molecule has 4 rings (SSSR count). The summed E-state index contributed by atoms with van der Waals surface area (Å²) >= 11 is 0. The number of phenols is 1. The van der Waals surface area contributed by atoms with Crippen molar-refractivity contribution >= 4 is 11.0 Å². The molecule has 0 amide bonds. The van der Waals surface area contributed by atoms with E-state index in [0.29, 0.717) is 17.1 Å². The maximum absolute atomic E-state index is 13.5. The molecule has 24 heavy (non-hydrogen) atoms. The SMILES string of the molecule is Cc1cc(-c2ncc3[nH]c(-c4ccc(O)c(F)c4)cc3n2)ccn1. The first-order chi connectivity index (χ1) is 11.6. The molecule has 6 heteroatoms. The molecule has 3 aromatic heterocycles. The van der Waals surface area contributed by atoms with E-state index in [0.717, 1.165) is 22.3 Å². The van der Waals surface area contributed by atoms with Gasteiger partial charge in [-0.2, -0.15) is 0 Å². The van der Waals surface area contributed by atoms with E-state index in [4.69, 9.17) is 0 Å². The van der Waals surface area contributed by atoms with Crippen LogP contribution in [0.25, 0.3) is 33.7 Å². The highest BCUT2D eigenvalue weighted by Crippen LogP contribution is 2.27. The van der Waals surface area contributed by atoms with Gasteiger partial charge in [-0.3, -0.25) is 4.98 Å². The summed E-state index contributed by atoms with van der Waals surface area (Å²) in [5.41, 5.74) is 4.62. The number of nitrogens with zero attached hydrogens (tertiary/aromatic N) is 3. The number of halogens is 1. The summed E-state index contributed by atoms with van der Waals surface area (Å²) in [6.45, 7) is 1.91. The van der Waals surface area contributed by atoms with Gasteiger partial charge in [0.1, 0.15) is 0 Å². The van der Waals surface area contributed by atoms with Crippen molar-refractivity contribution < 1.29 is 9.50 Å². The van der Waals surface area contributed by atoms with Gasteiger partial charge >= 0.3 is 0 Å². The zero-order valence-corrected chi connectivity index (χ0v) is 12.8. The molecule has 4 aromatic rings. The molecule has 118 valence electrons. The molecular weight excluding hydrogens is 307 g/mol. The molecule has 0 fully saturated rings. The quantitative estimate of drug-likeness (QED) is 0.588. The highest BCUT2D eigenvalue weighted by atomic mass is 19.1. The smallest absolute Gasteiger partial charge is 0.165 e. The fourth-order valence-electron chi connectivity index (χ4n) is 2.57. The number of hydrogen-bond donors (Lipinski definition) is 2. The van der Waals surface area contributed by atoms with Crippen LogP contribution in [0.3, 0.4) is 0 Å². The number of aryl methyl sites for hydroxylation is 1. The minimum Gasteiger partial charge on any atom is -0.505 e. The van der Waals surface area contributed by atoms with E-state index in [2.05, 4.69) is 19.9 Å². The van der Waals surface area contributed by atoms with Gasteiger partial charge in [0.15, 0.2) is 17.4 Å². The van der Waals surface area contributed by atoms with E-state index in [9.17, 15) is 9.50 Å². The van der Waals surface area contributed by atoms with Crippen LogP contribution in [0.1, 0.15) is 5.69 Å². The molecule has 0 saturated heterocycles. The summed E-state index contributed by atoms with van der Waals surface area (Å²) in [5.74, 6) is -0.425. The third-order valence-corrected chi connectivity index (χ3v) is 3.78. The lowest BCUT2D eigenvalue weighted by atomic mass is 10.1. The summed E-state index contributed by atoms with van der Waals surface area (Å²) in [4.78, 5) is 16.3. The van der Waals surface area contributed by atoms with Crippen LogP contribution < -0.4 is 0 Å². The largest absolute Gasteiger partial charge is 0.505 e. The van der Waals surface area contributed by atoms with Crippen molar-refractivity contribution in [2.45, 2.75) is 6.92 Å². The molecule has 0 aliphatic carbocycles. The summed E-state index contributed by atoms with van der Waals surface area (Å²) in [7, 11) is 0. The Morgan fingerprint density at radius 3 is 2.71 bits per heavy atom. The zero-order chi connectivity index (χ0) is 16.7. The van der Waals surface area contributed by atoms with Gasteiger partial charge in [-0.25, -0.2) is 14.4 Å². The Kier molecular flexibility index (Phi) is 3.23. The molecular formula is C18H13FN4O. The standard InChI is InChI=1S/C18H13FN4O/c1-10-6-12(4-5-20-10)18-21-9-16-15(23-18)8-14(22-16)11-2-3-17(24)13(19)7-11/h2-9,22,24H,1H3. The fraction of sp³-hybridized carbons (Fsp3) is 0.0556. The molecule has 0 atom stereocenters. The first-order valence-electron chi connectivity index (χ1n) is 7.38. The Morgan fingerprint density at radius 1 is 1.04 bits per heavy atom. The van der Waals surface area contributed by atoms with Crippen molar-refractivity contribution in [2.24, 2.45) is 0 Å². The van der Waals surface area contributed by atoms with E-state index >= 15 is 0 Å². The predicted molar refractivity (Wildman–Crippen MR) is 88.9 cm³/mol. The molecule has 0 unspecified atom stereocenters. The van der Waals surface area contributed by atoms with Crippen molar-refractivity contribution in [3.63, 3.8) is 0 Å². The lowest BCUT2D eigenvalue weighted by Gasteiger charge is -2.00. The number of hydrogen-bond acceptors (Lipinski definition) is 4. The van der Waals surface area contributed by atoms with Crippen LogP contribution in [0.4, 0.5) is 4.39 Å². The van der Waals surface area contributed by atoms with Crippen LogP contribution >= 0.6 is 0 Å². The van der Waals surface area contributed by atoms with Crippen LogP contribution in [0, 0.1) is 12.7 Å². The summed E-state index contributed by atoms with van der Waals surface area (Å²) < 4.78 is 13.5. The predicted octanol–water partition coefficient (Wildman–Crippen LogP) is 3.84. The fourth-order valence-corrected chi connectivity index (χ4v) is 2.57. The number of rotatable bonds is 2. The molecule has 0 bridgehead atoms. The zero-order valence-electron chi connectivity index (χ0n) is 12.8. The molecule has 5 nitrogen and oxygen atoms in total. The third-order valence-electron chi connectivity index (χ3n) is 3.78. The van der Waals surface area contributed by atoms with Crippen LogP contribution in [0.5, 0.6) is 5.75 Å². The Labute approximate surface area is 136 Å². The molecule has 3 heterocycles. The van der Waals surface area contributed by atoms with Gasteiger partial charge < -0.3 is 10.1 Å². The van der Waals surface area contributed by atoms with Gasteiger partial charge in [-0.1, -0.05) is 0 Å². The Morgan fingerprint density at radius 2 is 1.92 bits per heavy atom. The van der Waals surface area contributed by atoms with Gasteiger partial charge in [-0.15, -0.1) is 0 Å². The van der Waals surface area contributed by atoms with Crippen LogP contribution in [-0.2, 0) is 0 Å². The number of nitrogens with one attached hydrogen (secondary N) is 1. The van der Waals surface area contributed by atoms with E-state index in [1.165, 1.54) is 12.1 Å². The van der Waals surface area contributed by atoms with Crippen molar-refractivity contribution in [2.75, 3.05) is 0 Å². The van der Waals surface area contributed by atoms with Gasteiger partial charge in [0.25, 0.3) is 0 Å². The number of fused-ring (bicyclic) bond motifs is 1. The Bertz CT molecular complexity index is 1060.